The maximum Gasteiger partial charge on any atom is 0.418 e. The zero-order valence-electron chi connectivity index (χ0n) is 10.1. The van der Waals surface area contributed by atoms with Crippen LogP contribution in [0.3, 0.4) is 0 Å². The van der Waals surface area contributed by atoms with Crippen LogP contribution in [0.1, 0.15) is 26.3 Å². The minimum absolute atomic E-state index is 0.0419. The minimum Gasteiger partial charge on any atom is -0.399 e. The van der Waals surface area contributed by atoms with Gasteiger partial charge in [-0.25, -0.2) is 0 Å². The first-order chi connectivity index (χ1) is 7.71. The van der Waals surface area contributed by atoms with E-state index in [1.54, 1.807) is 0 Å². The Morgan fingerprint density at radius 3 is 2.24 bits per heavy atom. The van der Waals surface area contributed by atoms with Gasteiger partial charge in [-0.2, -0.15) is 13.2 Å². The molecule has 5 heteroatoms. The summed E-state index contributed by atoms with van der Waals surface area (Å²) in [7, 11) is 0. The highest BCUT2D eigenvalue weighted by molar-refractivity contribution is 5.59. The molecule has 0 aliphatic rings. The van der Waals surface area contributed by atoms with Crippen LogP contribution in [-0.2, 0) is 6.18 Å². The minimum atomic E-state index is -4.39. The van der Waals surface area contributed by atoms with Crippen molar-refractivity contribution in [3.05, 3.63) is 23.8 Å². The molecule has 0 heterocycles. The second-order valence-corrected chi connectivity index (χ2v) is 4.48. The van der Waals surface area contributed by atoms with Crippen molar-refractivity contribution < 1.29 is 13.2 Å². The maximum atomic E-state index is 12.8. The van der Waals surface area contributed by atoms with Crippen LogP contribution in [0.25, 0.3) is 0 Å². The van der Waals surface area contributed by atoms with Gasteiger partial charge in [0.2, 0.25) is 0 Å². The third-order valence-corrected chi connectivity index (χ3v) is 2.73. The van der Waals surface area contributed by atoms with Crippen molar-refractivity contribution in [1.82, 2.24) is 0 Å². The molecule has 3 N–H and O–H groups in total. The van der Waals surface area contributed by atoms with E-state index < -0.39 is 11.7 Å². The summed E-state index contributed by atoms with van der Waals surface area (Å²) in [5.74, 6) is 0.244. The quantitative estimate of drug-likeness (QED) is 0.797. The van der Waals surface area contributed by atoms with Crippen LogP contribution in [-0.4, -0.2) is 6.04 Å². The lowest BCUT2D eigenvalue weighted by atomic mass is 10.0. The van der Waals surface area contributed by atoms with E-state index in [-0.39, 0.29) is 23.3 Å². The van der Waals surface area contributed by atoms with Gasteiger partial charge in [-0.3, -0.25) is 0 Å². The highest BCUT2D eigenvalue weighted by atomic mass is 19.4. The van der Waals surface area contributed by atoms with E-state index in [0.29, 0.717) is 0 Å². The molecular formula is C12H17F3N2. The van der Waals surface area contributed by atoms with E-state index >= 15 is 0 Å². The fourth-order valence-corrected chi connectivity index (χ4v) is 1.33. The monoisotopic (exact) mass is 246 g/mol. The van der Waals surface area contributed by atoms with Gasteiger partial charge in [0.15, 0.2) is 0 Å². The van der Waals surface area contributed by atoms with Crippen molar-refractivity contribution in [3.63, 3.8) is 0 Å². The summed E-state index contributed by atoms with van der Waals surface area (Å²) in [6, 6.07) is 3.75. The SMILES string of the molecule is CC(C)C(C)Nc1ccc(N)cc1C(F)(F)F. The first-order valence-electron chi connectivity index (χ1n) is 5.45. The van der Waals surface area contributed by atoms with Crippen LogP contribution in [0, 0.1) is 5.92 Å². The van der Waals surface area contributed by atoms with Crippen LogP contribution in [0.5, 0.6) is 0 Å². The first kappa shape index (κ1) is 13.7. The Bertz CT molecular complexity index is 386. The average molecular weight is 246 g/mol. The van der Waals surface area contributed by atoms with Gasteiger partial charge in [-0.15, -0.1) is 0 Å². The predicted octanol–water partition coefficient (Wildman–Crippen LogP) is 3.74. The zero-order chi connectivity index (χ0) is 13.2. The molecule has 0 fully saturated rings. The third-order valence-electron chi connectivity index (χ3n) is 2.73. The molecule has 1 rings (SSSR count). The third kappa shape index (κ3) is 3.54. The van der Waals surface area contributed by atoms with E-state index in [1.807, 2.05) is 20.8 Å². The lowest BCUT2D eigenvalue weighted by molar-refractivity contribution is -0.136. The van der Waals surface area contributed by atoms with E-state index in [1.165, 1.54) is 12.1 Å². The average Bonchev–Trinajstić information content (AvgIpc) is 2.18. The van der Waals surface area contributed by atoms with Gasteiger partial charge < -0.3 is 11.1 Å². The fraction of sp³-hybridized carbons (Fsp3) is 0.500. The van der Waals surface area contributed by atoms with Crippen molar-refractivity contribution in [3.8, 4) is 0 Å². The van der Waals surface area contributed by atoms with E-state index in [9.17, 15) is 13.2 Å². The molecule has 1 unspecified atom stereocenters. The standard InChI is InChI=1S/C12H17F3N2/c1-7(2)8(3)17-11-5-4-9(16)6-10(11)12(13,14)15/h4-8,17H,16H2,1-3H3. The maximum absolute atomic E-state index is 12.8. The molecule has 0 aromatic heterocycles. The second kappa shape index (κ2) is 4.85. The van der Waals surface area contributed by atoms with Crippen LogP contribution in [0.4, 0.5) is 24.5 Å². The molecule has 0 saturated heterocycles. The van der Waals surface area contributed by atoms with Gasteiger partial charge in [0, 0.05) is 17.4 Å². The molecule has 0 spiro atoms. The molecule has 0 aliphatic carbocycles. The van der Waals surface area contributed by atoms with Crippen molar-refractivity contribution in [2.45, 2.75) is 33.0 Å². The van der Waals surface area contributed by atoms with Gasteiger partial charge in [0.05, 0.1) is 5.56 Å². The lowest BCUT2D eigenvalue weighted by Crippen LogP contribution is -2.23. The topological polar surface area (TPSA) is 38.0 Å². The van der Waals surface area contributed by atoms with Crippen molar-refractivity contribution in [2.24, 2.45) is 5.92 Å². The molecule has 0 saturated carbocycles. The largest absolute Gasteiger partial charge is 0.418 e. The number of alkyl halides is 3. The summed E-state index contributed by atoms with van der Waals surface area (Å²) in [4.78, 5) is 0. The number of rotatable bonds is 3. The van der Waals surface area contributed by atoms with Crippen LogP contribution in [0.2, 0.25) is 0 Å². The van der Waals surface area contributed by atoms with Crippen LogP contribution >= 0.6 is 0 Å². The highest BCUT2D eigenvalue weighted by Crippen LogP contribution is 2.36. The molecule has 2 nitrogen and oxygen atoms in total. The number of anilines is 2. The number of nitrogen functional groups attached to an aromatic ring is 1. The summed E-state index contributed by atoms with van der Waals surface area (Å²) < 4.78 is 38.4. The zero-order valence-corrected chi connectivity index (χ0v) is 10.1. The molecule has 96 valence electrons. The number of nitrogens with one attached hydrogen (secondary N) is 1. The summed E-state index contributed by atoms with van der Waals surface area (Å²) in [6.07, 6.45) is -4.39. The number of benzene rings is 1. The van der Waals surface area contributed by atoms with Gasteiger partial charge in [-0.05, 0) is 31.0 Å². The van der Waals surface area contributed by atoms with Crippen LogP contribution in [0.15, 0.2) is 18.2 Å². The molecule has 0 amide bonds. The molecule has 0 radical (unpaired) electrons. The molecule has 0 aliphatic heterocycles. The molecule has 17 heavy (non-hydrogen) atoms. The fourth-order valence-electron chi connectivity index (χ4n) is 1.33. The van der Waals surface area contributed by atoms with Crippen molar-refractivity contribution >= 4 is 11.4 Å². The Morgan fingerprint density at radius 2 is 1.76 bits per heavy atom. The van der Waals surface area contributed by atoms with E-state index in [2.05, 4.69) is 5.32 Å². The smallest absolute Gasteiger partial charge is 0.399 e. The highest BCUT2D eigenvalue weighted by Gasteiger charge is 2.34. The Hall–Kier alpha value is -1.39. The number of hydrogen-bond donors (Lipinski definition) is 2. The Labute approximate surface area is 99.0 Å². The number of halogens is 3. The summed E-state index contributed by atoms with van der Waals surface area (Å²) in [5.41, 5.74) is 4.86. The predicted molar refractivity (Wildman–Crippen MR) is 63.8 cm³/mol. The van der Waals surface area contributed by atoms with E-state index in [0.717, 1.165) is 6.07 Å². The molecule has 1 atom stereocenters. The van der Waals surface area contributed by atoms with Crippen LogP contribution < -0.4 is 11.1 Å². The number of nitrogens with two attached hydrogens (primary N) is 1. The summed E-state index contributed by atoms with van der Waals surface area (Å²) >= 11 is 0. The van der Waals surface area contributed by atoms with Gasteiger partial charge in [0.1, 0.15) is 0 Å². The second-order valence-electron chi connectivity index (χ2n) is 4.48. The Kier molecular flexibility index (Phi) is 3.91. The van der Waals surface area contributed by atoms with Crippen molar-refractivity contribution in [2.75, 3.05) is 11.1 Å². The van der Waals surface area contributed by atoms with Gasteiger partial charge in [0.25, 0.3) is 0 Å². The lowest BCUT2D eigenvalue weighted by Gasteiger charge is -2.22. The molecular weight excluding hydrogens is 229 g/mol. The van der Waals surface area contributed by atoms with Gasteiger partial charge in [-0.1, -0.05) is 13.8 Å². The molecule has 0 bridgehead atoms. The summed E-state index contributed by atoms with van der Waals surface area (Å²) in [6.45, 7) is 5.74. The van der Waals surface area contributed by atoms with Crippen molar-refractivity contribution in [1.29, 1.82) is 0 Å². The normalized spacial score (nSPS) is 13.8. The van der Waals surface area contributed by atoms with E-state index in [4.69, 9.17) is 5.73 Å². The summed E-state index contributed by atoms with van der Waals surface area (Å²) in [5, 5.41) is 2.87. The number of hydrogen-bond acceptors (Lipinski definition) is 2. The molecule has 1 aromatic carbocycles. The van der Waals surface area contributed by atoms with Gasteiger partial charge >= 0.3 is 6.18 Å². The first-order valence-corrected chi connectivity index (χ1v) is 5.45. The Balaban J connectivity index is 3.07. The molecule has 1 aromatic rings. The Morgan fingerprint density at radius 1 is 1.18 bits per heavy atom.